The van der Waals surface area contributed by atoms with E-state index in [-0.39, 0.29) is 25.3 Å². The lowest BCUT2D eigenvalue weighted by atomic mass is 9.89. The predicted octanol–water partition coefficient (Wildman–Crippen LogP) is 0.988. The molecule has 1 saturated heterocycles. The van der Waals surface area contributed by atoms with Crippen molar-refractivity contribution in [2.24, 2.45) is 5.92 Å². The normalized spacial score (nSPS) is 20.9. The minimum atomic E-state index is -0.820. The topological polar surface area (TPSA) is 95.0 Å². The molecule has 2 atom stereocenters. The summed E-state index contributed by atoms with van der Waals surface area (Å²) in [6.45, 7) is 3.65. The lowest BCUT2D eigenvalue weighted by Crippen LogP contribution is -2.65. The summed E-state index contributed by atoms with van der Waals surface area (Å²) in [5.74, 6) is -2.08. The van der Waals surface area contributed by atoms with Crippen molar-refractivity contribution >= 4 is 37.7 Å². The fraction of sp³-hybridized carbons (Fsp3) is 0.333. The van der Waals surface area contributed by atoms with E-state index in [0.717, 1.165) is 4.90 Å². The molecule has 0 N–H and O–H groups in total. The number of nitrogens with zero attached hydrogens (tertiary/aromatic N) is 2. The van der Waals surface area contributed by atoms with E-state index in [0.29, 0.717) is 11.3 Å². The minimum absolute atomic E-state index is 0.0655. The Balaban J connectivity index is 1.74. The Morgan fingerprint density at radius 2 is 2.18 bits per heavy atom. The number of β-lactam (4-membered cyclic amide) rings is 1. The molecule has 28 heavy (non-hydrogen) atoms. The number of thioether (sulfide) groups is 1. The van der Waals surface area contributed by atoms with Crippen LogP contribution in [0.3, 0.4) is 0 Å². The van der Waals surface area contributed by atoms with Crippen LogP contribution in [0.4, 0.5) is 0 Å². The molecule has 8 nitrogen and oxygen atoms in total. The van der Waals surface area contributed by atoms with E-state index in [9.17, 15) is 14.4 Å². The van der Waals surface area contributed by atoms with Gasteiger partial charge in [-0.05, 0) is 17.7 Å². The summed E-state index contributed by atoms with van der Waals surface area (Å²) in [5.41, 5.74) is 0.649. The van der Waals surface area contributed by atoms with Gasteiger partial charge >= 0.3 is 20.0 Å². The van der Waals surface area contributed by atoms with Crippen LogP contribution < -0.4 is 0 Å². The van der Waals surface area contributed by atoms with Gasteiger partial charge in [0, 0.05) is 23.0 Å². The van der Waals surface area contributed by atoms with Crippen LogP contribution in [0.2, 0.25) is 0 Å². The highest BCUT2D eigenvalue weighted by Gasteiger charge is 2.54. The maximum atomic E-state index is 12.6. The van der Waals surface area contributed by atoms with E-state index in [1.807, 2.05) is 12.1 Å². The van der Waals surface area contributed by atoms with Crippen molar-refractivity contribution in [1.29, 1.82) is 0 Å². The van der Waals surface area contributed by atoms with Crippen LogP contribution in [-0.2, 0) is 28.5 Å². The lowest BCUT2D eigenvalue weighted by molar-refractivity contribution is -0.195. The number of esters is 1. The first-order chi connectivity index (χ1) is 13.6. The van der Waals surface area contributed by atoms with E-state index in [2.05, 4.69) is 16.2 Å². The largest absolute Gasteiger partial charge is 0.539 e. The summed E-state index contributed by atoms with van der Waals surface area (Å²) in [6, 6.07) is 3.66. The molecule has 2 radical (unpaired) electrons. The van der Waals surface area contributed by atoms with Crippen molar-refractivity contribution < 1.29 is 28.5 Å². The zero-order valence-corrected chi connectivity index (χ0v) is 15.7. The van der Waals surface area contributed by atoms with E-state index in [1.54, 1.807) is 12.4 Å². The maximum absolute atomic E-state index is 12.6. The van der Waals surface area contributed by atoms with Gasteiger partial charge in [0.05, 0.1) is 18.9 Å². The molecule has 0 spiro atoms. The molecule has 1 aromatic rings. The van der Waals surface area contributed by atoms with Gasteiger partial charge in [0.1, 0.15) is 18.5 Å². The van der Waals surface area contributed by atoms with Crippen molar-refractivity contribution in [3.63, 3.8) is 0 Å². The number of fused-ring (bicyclic) bond motifs is 1. The first-order valence-corrected chi connectivity index (χ1v) is 9.42. The third kappa shape index (κ3) is 4.12. The van der Waals surface area contributed by atoms with Gasteiger partial charge in [-0.25, -0.2) is 4.79 Å². The van der Waals surface area contributed by atoms with Gasteiger partial charge in [0.25, 0.3) is 0 Å². The van der Waals surface area contributed by atoms with Gasteiger partial charge in [-0.15, -0.1) is 11.8 Å². The summed E-state index contributed by atoms with van der Waals surface area (Å²) in [4.78, 5) is 42.7. The minimum Gasteiger partial charge on any atom is -0.539 e. The number of pyridine rings is 1. The van der Waals surface area contributed by atoms with E-state index >= 15 is 0 Å². The Bertz CT molecular complexity index is 816. The van der Waals surface area contributed by atoms with Gasteiger partial charge < -0.3 is 14.1 Å². The number of carbonyl (C=O) groups excluding carboxylic acids is 3. The molecule has 0 bridgehead atoms. The highest BCUT2D eigenvalue weighted by Crippen LogP contribution is 2.40. The fourth-order valence-electron chi connectivity index (χ4n) is 2.97. The molecular formula is C18H17BN2O6S. The second kappa shape index (κ2) is 9.07. The van der Waals surface area contributed by atoms with E-state index < -0.39 is 30.0 Å². The Labute approximate surface area is 167 Å². The zero-order valence-electron chi connectivity index (χ0n) is 14.9. The van der Waals surface area contributed by atoms with Crippen LogP contribution in [0, 0.1) is 5.92 Å². The van der Waals surface area contributed by atoms with Gasteiger partial charge in [0.15, 0.2) is 0 Å². The summed E-state index contributed by atoms with van der Waals surface area (Å²) < 4.78 is 15.0. The average Bonchev–Trinajstić information content (AvgIpc) is 2.73. The molecule has 1 aromatic heterocycles. The predicted molar refractivity (Wildman–Crippen MR) is 99.7 cm³/mol. The Morgan fingerprint density at radius 1 is 1.43 bits per heavy atom. The Morgan fingerprint density at radius 3 is 2.86 bits per heavy atom. The molecular weight excluding hydrogens is 383 g/mol. The standard InChI is InChI=1S/C18H17BN2O6S/c1-2-7-25-14(22)8-13-16(23)21-15(18(24)27-19)11(9-26-17(13)21)10-28-12-3-5-20-6-4-12/h2-6,13,17H,1,7-10H2/t13-,17-/m1/s1. The van der Waals surface area contributed by atoms with Crippen LogP contribution in [0.5, 0.6) is 0 Å². The highest BCUT2D eigenvalue weighted by molar-refractivity contribution is 7.99. The third-order valence-corrected chi connectivity index (χ3v) is 5.37. The fourth-order valence-corrected chi connectivity index (χ4v) is 3.84. The number of carbonyl (C=O) groups is 3. The van der Waals surface area contributed by atoms with Gasteiger partial charge in [-0.3, -0.25) is 19.5 Å². The molecule has 0 saturated carbocycles. The smallest absolute Gasteiger partial charge is 0.378 e. The molecule has 2 aliphatic heterocycles. The molecule has 10 heteroatoms. The maximum Gasteiger partial charge on any atom is 0.378 e. The number of aromatic nitrogens is 1. The average molecular weight is 400 g/mol. The molecule has 144 valence electrons. The molecule has 1 amide bonds. The number of hydrogen-bond donors (Lipinski definition) is 0. The number of hydrogen-bond acceptors (Lipinski definition) is 8. The monoisotopic (exact) mass is 400 g/mol. The quantitative estimate of drug-likeness (QED) is 0.210. The van der Waals surface area contributed by atoms with Crippen molar-refractivity contribution in [1.82, 2.24) is 9.88 Å². The van der Waals surface area contributed by atoms with Crippen LogP contribution in [0.1, 0.15) is 6.42 Å². The summed E-state index contributed by atoms with van der Waals surface area (Å²) in [6.07, 6.45) is 3.89. The van der Waals surface area contributed by atoms with Crippen LogP contribution >= 0.6 is 11.8 Å². The third-order valence-electron chi connectivity index (χ3n) is 4.27. The Hall–Kier alpha value is -2.59. The first-order valence-electron chi connectivity index (χ1n) is 8.44. The molecule has 1 fully saturated rings. The SMILES string of the molecule is [B]OC(=O)C1=C(CSc2ccncc2)CO[C@@H]2[C@H](CC(=O)OCC=C)C(=O)N12. The number of amides is 1. The molecule has 0 aliphatic carbocycles. The van der Waals surface area contributed by atoms with Crippen LogP contribution in [0.15, 0.2) is 53.3 Å². The second-order valence-corrected chi connectivity index (χ2v) is 7.07. The lowest BCUT2D eigenvalue weighted by Gasteiger charge is -2.49. The van der Waals surface area contributed by atoms with Gasteiger partial charge in [-0.1, -0.05) is 12.7 Å². The van der Waals surface area contributed by atoms with Crippen molar-refractivity contribution in [2.75, 3.05) is 19.0 Å². The van der Waals surface area contributed by atoms with Crippen LogP contribution in [-0.4, -0.2) is 61.0 Å². The van der Waals surface area contributed by atoms with Gasteiger partial charge in [-0.2, -0.15) is 0 Å². The van der Waals surface area contributed by atoms with Crippen molar-refractivity contribution in [2.45, 2.75) is 17.5 Å². The number of ether oxygens (including phenoxy) is 2. The van der Waals surface area contributed by atoms with Crippen molar-refractivity contribution in [3.8, 4) is 0 Å². The van der Waals surface area contributed by atoms with Crippen molar-refractivity contribution in [3.05, 3.63) is 48.5 Å². The van der Waals surface area contributed by atoms with Crippen LogP contribution in [0.25, 0.3) is 0 Å². The summed E-state index contributed by atoms with van der Waals surface area (Å²) in [5, 5.41) is 0. The van der Waals surface area contributed by atoms with Gasteiger partial charge in [0.2, 0.25) is 5.91 Å². The second-order valence-electron chi connectivity index (χ2n) is 6.02. The van der Waals surface area contributed by atoms with E-state index in [1.165, 1.54) is 22.7 Å². The zero-order chi connectivity index (χ0) is 20.1. The summed E-state index contributed by atoms with van der Waals surface area (Å²) >= 11 is 1.46. The molecule has 3 heterocycles. The molecule has 3 rings (SSSR count). The Kier molecular flexibility index (Phi) is 6.53. The number of rotatable bonds is 8. The first kappa shape index (κ1) is 20.2. The molecule has 0 unspecified atom stereocenters. The molecule has 0 aromatic carbocycles. The van der Waals surface area contributed by atoms with E-state index in [4.69, 9.17) is 17.5 Å². The highest BCUT2D eigenvalue weighted by atomic mass is 32.2. The summed E-state index contributed by atoms with van der Waals surface area (Å²) in [7, 11) is 5.06. The molecule has 2 aliphatic rings.